The van der Waals surface area contributed by atoms with Crippen molar-refractivity contribution in [2.24, 2.45) is 5.73 Å². The Morgan fingerprint density at radius 2 is 2.15 bits per heavy atom. The SMILES string of the molecule is Cc1nn(Cc2cccc([N+](=O)[O-])c2Br)c(C)c1CN. The van der Waals surface area contributed by atoms with E-state index >= 15 is 0 Å². The topological polar surface area (TPSA) is 87.0 Å². The maximum Gasteiger partial charge on any atom is 0.283 e. The van der Waals surface area contributed by atoms with E-state index in [2.05, 4.69) is 21.0 Å². The number of aryl methyl sites for hydroxylation is 1. The highest BCUT2D eigenvalue weighted by Crippen LogP contribution is 2.29. The molecule has 0 radical (unpaired) electrons. The maximum absolute atomic E-state index is 10.9. The van der Waals surface area contributed by atoms with Crippen LogP contribution in [0.25, 0.3) is 0 Å². The molecule has 2 N–H and O–H groups in total. The lowest BCUT2D eigenvalue weighted by molar-refractivity contribution is -0.385. The Bertz CT molecular complexity index is 667. The molecule has 0 bridgehead atoms. The van der Waals surface area contributed by atoms with Crippen LogP contribution in [-0.4, -0.2) is 14.7 Å². The Kier molecular flexibility index (Phi) is 4.20. The Morgan fingerprint density at radius 3 is 2.70 bits per heavy atom. The predicted octanol–water partition coefficient (Wildman–Crippen LogP) is 2.68. The highest BCUT2D eigenvalue weighted by molar-refractivity contribution is 9.10. The summed E-state index contributed by atoms with van der Waals surface area (Å²) in [7, 11) is 0. The molecule has 2 aromatic rings. The molecular weight excluding hydrogens is 324 g/mol. The van der Waals surface area contributed by atoms with Gasteiger partial charge in [0.25, 0.3) is 5.69 Å². The van der Waals surface area contributed by atoms with Gasteiger partial charge in [-0.15, -0.1) is 0 Å². The number of nitrogens with zero attached hydrogens (tertiary/aromatic N) is 3. The van der Waals surface area contributed by atoms with Crippen molar-refractivity contribution in [3.05, 3.63) is 55.3 Å². The summed E-state index contributed by atoms with van der Waals surface area (Å²) in [4.78, 5) is 10.5. The van der Waals surface area contributed by atoms with E-state index in [4.69, 9.17) is 5.73 Å². The lowest BCUT2D eigenvalue weighted by Crippen LogP contribution is -2.06. The molecule has 6 nitrogen and oxygen atoms in total. The number of aromatic nitrogens is 2. The molecule has 0 spiro atoms. The zero-order valence-electron chi connectivity index (χ0n) is 11.3. The highest BCUT2D eigenvalue weighted by Gasteiger charge is 2.17. The quantitative estimate of drug-likeness (QED) is 0.685. The number of nitro benzene ring substituents is 1. The fourth-order valence-electron chi connectivity index (χ4n) is 2.17. The van der Waals surface area contributed by atoms with E-state index in [1.807, 2.05) is 24.6 Å². The van der Waals surface area contributed by atoms with Crippen molar-refractivity contribution in [1.82, 2.24) is 9.78 Å². The average molecular weight is 339 g/mol. The summed E-state index contributed by atoms with van der Waals surface area (Å²) in [5, 5.41) is 15.4. The number of hydrogen-bond donors (Lipinski definition) is 1. The van der Waals surface area contributed by atoms with Crippen LogP contribution in [0.5, 0.6) is 0 Å². The minimum atomic E-state index is -0.403. The first-order valence-electron chi connectivity index (χ1n) is 6.10. The van der Waals surface area contributed by atoms with Gasteiger partial charge < -0.3 is 5.73 Å². The maximum atomic E-state index is 10.9. The van der Waals surface area contributed by atoms with Crippen LogP contribution in [0.15, 0.2) is 22.7 Å². The Morgan fingerprint density at radius 1 is 1.45 bits per heavy atom. The first-order valence-corrected chi connectivity index (χ1v) is 6.89. The fourth-order valence-corrected chi connectivity index (χ4v) is 2.71. The molecule has 1 heterocycles. The molecule has 20 heavy (non-hydrogen) atoms. The fraction of sp³-hybridized carbons (Fsp3) is 0.308. The molecule has 0 aliphatic heterocycles. The number of halogens is 1. The smallest absolute Gasteiger partial charge is 0.283 e. The van der Waals surface area contributed by atoms with Gasteiger partial charge in [0.15, 0.2) is 0 Å². The normalized spacial score (nSPS) is 10.8. The van der Waals surface area contributed by atoms with Crippen LogP contribution in [0.1, 0.15) is 22.5 Å². The van der Waals surface area contributed by atoms with Crippen LogP contribution in [0.4, 0.5) is 5.69 Å². The van der Waals surface area contributed by atoms with Crippen molar-refractivity contribution < 1.29 is 4.92 Å². The lowest BCUT2D eigenvalue weighted by atomic mass is 10.2. The van der Waals surface area contributed by atoms with Crippen molar-refractivity contribution >= 4 is 21.6 Å². The molecule has 0 aliphatic rings. The van der Waals surface area contributed by atoms with Gasteiger partial charge in [-0.1, -0.05) is 12.1 Å². The molecular formula is C13H15BrN4O2. The van der Waals surface area contributed by atoms with Gasteiger partial charge in [-0.05, 0) is 35.3 Å². The summed E-state index contributed by atoms with van der Waals surface area (Å²) in [6.45, 7) is 4.77. The molecule has 0 atom stereocenters. The van der Waals surface area contributed by atoms with E-state index in [0.29, 0.717) is 17.6 Å². The molecule has 0 saturated carbocycles. The van der Waals surface area contributed by atoms with Crippen molar-refractivity contribution in [2.75, 3.05) is 0 Å². The third-order valence-electron chi connectivity index (χ3n) is 3.31. The molecule has 1 aromatic heterocycles. The first-order chi connectivity index (χ1) is 9.45. The van der Waals surface area contributed by atoms with E-state index in [-0.39, 0.29) is 5.69 Å². The minimum absolute atomic E-state index is 0.0584. The largest absolute Gasteiger partial charge is 0.326 e. The second kappa shape index (κ2) is 5.72. The molecule has 0 amide bonds. The average Bonchev–Trinajstić information content (AvgIpc) is 2.66. The third kappa shape index (κ3) is 2.59. The van der Waals surface area contributed by atoms with Gasteiger partial charge in [0.1, 0.15) is 4.47 Å². The molecule has 1 aromatic carbocycles. The molecule has 0 aliphatic carbocycles. The van der Waals surface area contributed by atoms with Gasteiger partial charge >= 0.3 is 0 Å². The zero-order valence-corrected chi connectivity index (χ0v) is 12.8. The van der Waals surface area contributed by atoms with E-state index < -0.39 is 4.92 Å². The summed E-state index contributed by atoms with van der Waals surface area (Å²) in [6, 6.07) is 4.99. The summed E-state index contributed by atoms with van der Waals surface area (Å²) in [5.74, 6) is 0. The number of hydrogen-bond acceptors (Lipinski definition) is 4. The molecule has 0 saturated heterocycles. The summed E-state index contributed by atoms with van der Waals surface area (Å²) >= 11 is 3.30. The van der Waals surface area contributed by atoms with Crippen molar-refractivity contribution in [3.8, 4) is 0 Å². The molecule has 2 rings (SSSR count). The number of rotatable bonds is 4. The Labute approximate surface area is 124 Å². The van der Waals surface area contributed by atoms with Crippen molar-refractivity contribution in [2.45, 2.75) is 26.9 Å². The van der Waals surface area contributed by atoms with E-state index in [1.165, 1.54) is 6.07 Å². The van der Waals surface area contributed by atoms with Gasteiger partial charge in [0.05, 0.1) is 17.2 Å². The van der Waals surface area contributed by atoms with Crippen LogP contribution < -0.4 is 5.73 Å². The second-order valence-electron chi connectivity index (χ2n) is 4.52. The number of nitrogens with two attached hydrogens (primary N) is 1. The van der Waals surface area contributed by atoms with Crippen LogP contribution >= 0.6 is 15.9 Å². The van der Waals surface area contributed by atoms with Crippen LogP contribution in [0.2, 0.25) is 0 Å². The summed E-state index contributed by atoms with van der Waals surface area (Å²) < 4.78 is 2.31. The first kappa shape index (κ1) is 14.7. The lowest BCUT2D eigenvalue weighted by Gasteiger charge is -2.07. The predicted molar refractivity (Wildman–Crippen MR) is 79.5 cm³/mol. The van der Waals surface area contributed by atoms with Gasteiger partial charge in [0, 0.05) is 23.9 Å². The molecule has 7 heteroatoms. The standard InChI is InChI=1S/C13H15BrN4O2/c1-8-11(6-15)9(2)17(16-8)7-10-4-3-5-12(13(10)14)18(19)20/h3-5H,6-7,15H2,1-2H3. The minimum Gasteiger partial charge on any atom is -0.326 e. The Hall–Kier alpha value is -1.73. The molecule has 106 valence electrons. The van der Waals surface area contributed by atoms with Crippen LogP contribution in [0, 0.1) is 24.0 Å². The van der Waals surface area contributed by atoms with Crippen molar-refractivity contribution in [3.63, 3.8) is 0 Å². The summed E-state index contributed by atoms with van der Waals surface area (Å²) in [6.07, 6.45) is 0. The van der Waals surface area contributed by atoms with Gasteiger partial charge in [-0.2, -0.15) is 5.10 Å². The van der Waals surface area contributed by atoms with Crippen molar-refractivity contribution in [1.29, 1.82) is 0 Å². The van der Waals surface area contributed by atoms with Crippen LogP contribution in [0.3, 0.4) is 0 Å². The number of nitro groups is 1. The van der Waals surface area contributed by atoms with Crippen LogP contribution in [-0.2, 0) is 13.1 Å². The molecule has 0 unspecified atom stereocenters. The highest BCUT2D eigenvalue weighted by atomic mass is 79.9. The third-order valence-corrected chi connectivity index (χ3v) is 4.23. The van der Waals surface area contributed by atoms with E-state index in [9.17, 15) is 10.1 Å². The van der Waals surface area contributed by atoms with Gasteiger partial charge in [-0.3, -0.25) is 14.8 Å². The second-order valence-corrected chi connectivity index (χ2v) is 5.31. The van der Waals surface area contributed by atoms with E-state index in [1.54, 1.807) is 6.07 Å². The zero-order chi connectivity index (χ0) is 14.9. The summed E-state index contributed by atoms with van der Waals surface area (Å²) in [5.41, 5.74) is 9.48. The van der Waals surface area contributed by atoms with E-state index in [0.717, 1.165) is 22.5 Å². The van der Waals surface area contributed by atoms with Gasteiger partial charge in [0.2, 0.25) is 0 Å². The monoisotopic (exact) mass is 338 g/mol. The van der Waals surface area contributed by atoms with Gasteiger partial charge in [-0.25, -0.2) is 0 Å². The Balaban J connectivity index is 2.41. The molecule has 0 fully saturated rings. The number of benzene rings is 1.